The number of aryl methyl sites for hydroxylation is 3. The van der Waals surface area contributed by atoms with Gasteiger partial charge in [0.15, 0.2) is 0 Å². The van der Waals surface area contributed by atoms with Gasteiger partial charge in [-0.2, -0.15) is 5.10 Å². The van der Waals surface area contributed by atoms with Crippen LogP contribution in [0.1, 0.15) is 23.4 Å². The first-order valence-electron chi connectivity index (χ1n) is 10.1. The highest BCUT2D eigenvalue weighted by Crippen LogP contribution is 2.42. The van der Waals surface area contributed by atoms with Gasteiger partial charge in [-0.05, 0) is 31.4 Å². The fourth-order valence-electron chi connectivity index (χ4n) is 4.93. The number of aliphatic hydroxyl groups excluding tert-OH is 1. The van der Waals surface area contributed by atoms with Crippen LogP contribution in [-0.4, -0.2) is 63.4 Å². The molecule has 0 unspecified atom stereocenters. The zero-order valence-electron chi connectivity index (χ0n) is 16.8. The third kappa shape index (κ3) is 3.71. The topological polar surface area (TPSA) is 61.6 Å². The summed E-state index contributed by atoms with van der Waals surface area (Å²) in [4.78, 5) is 17.2. The number of likely N-dealkylation sites (tertiary alicyclic amines) is 2. The van der Waals surface area contributed by atoms with E-state index in [-0.39, 0.29) is 17.9 Å². The van der Waals surface area contributed by atoms with E-state index < -0.39 is 0 Å². The maximum absolute atomic E-state index is 12.8. The van der Waals surface area contributed by atoms with Crippen molar-refractivity contribution in [1.29, 1.82) is 0 Å². The number of carbonyl (C=O) groups is 1. The van der Waals surface area contributed by atoms with Crippen molar-refractivity contribution in [2.75, 3.05) is 32.8 Å². The molecule has 2 atom stereocenters. The summed E-state index contributed by atoms with van der Waals surface area (Å²) in [6.07, 6.45) is 0.462. The van der Waals surface area contributed by atoms with Gasteiger partial charge in [0, 0.05) is 56.8 Å². The van der Waals surface area contributed by atoms with Crippen LogP contribution >= 0.6 is 0 Å². The zero-order chi connectivity index (χ0) is 19.7. The molecule has 28 heavy (non-hydrogen) atoms. The number of amides is 1. The van der Waals surface area contributed by atoms with E-state index in [0.29, 0.717) is 25.4 Å². The molecule has 0 saturated carbocycles. The highest BCUT2D eigenvalue weighted by molar-refractivity contribution is 5.76. The molecule has 2 aliphatic rings. The molecular formula is C22H30N4O2. The van der Waals surface area contributed by atoms with E-state index in [0.717, 1.165) is 37.6 Å². The Morgan fingerprint density at radius 2 is 2.00 bits per heavy atom. The Labute approximate surface area is 166 Å². The number of benzene rings is 1. The number of aliphatic hydroxyl groups is 1. The largest absolute Gasteiger partial charge is 0.396 e. The lowest BCUT2D eigenvalue weighted by atomic mass is 9.82. The maximum Gasteiger partial charge on any atom is 0.224 e. The van der Waals surface area contributed by atoms with E-state index in [1.807, 2.05) is 35.6 Å². The van der Waals surface area contributed by atoms with Crippen molar-refractivity contribution in [3.63, 3.8) is 0 Å². The minimum atomic E-state index is -0.178. The van der Waals surface area contributed by atoms with Crippen molar-refractivity contribution in [2.45, 2.75) is 33.4 Å². The summed E-state index contributed by atoms with van der Waals surface area (Å²) in [6.45, 7) is 8.87. The summed E-state index contributed by atoms with van der Waals surface area (Å²) < 4.78 is 1.91. The first-order chi connectivity index (χ1) is 13.5. The predicted molar refractivity (Wildman–Crippen MR) is 108 cm³/mol. The Morgan fingerprint density at radius 1 is 1.21 bits per heavy atom. The van der Waals surface area contributed by atoms with Crippen LogP contribution in [0.25, 0.3) is 0 Å². The van der Waals surface area contributed by atoms with E-state index in [1.165, 1.54) is 5.56 Å². The van der Waals surface area contributed by atoms with Gasteiger partial charge in [-0.3, -0.25) is 14.4 Å². The number of rotatable bonds is 6. The van der Waals surface area contributed by atoms with E-state index in [9.17, 15) is 9.90 Å². The Bertz CT molecular complexity index is 834. The zero-order valence-corrected chi connectivity index (χ0v) is 16.8. The molecule has 3 heterocycles. The summed E-state index contributed by atoms with van der Waals surface area (Å²) in [7, 11) is 0. The minimum absolute atomic E-state index is 0.143. The highest BCUT2D eigenvalue weighted by Gasteiger charge is 2.52. The summed E-state index contributed by atoms with van der Waals surface area (Å²) in [6, 6.07) is 12.5. The monoisotopic (exact) mass is 382 g/mol. The van der Waals surface area contributed by atoms with Crippen molar-refractivity contribution >= 4 is 5.91 Å². The number of carbonyl (C=O) groups excluding carboxylic acids is 1. The normalized spacial score (nSPS) is 24.7. The molecule has 0 radical (unpaired) electrons. The lowest BCUT2D eigenvalue weighted by molar-refractivity contribution is -0.131. The van der Waals surface area contributed by atoms with E-state index in [2.05, 4.69) is 34.3 Å². The fourth-order valence-corrected chi connectivity index (χ4v) is 4.93. The molecule has 6 heteroatoms. The second-order valence-corrected chi connectivity index (χ2v) is 8.55. The number of nitrogens with zero attached hydrogens (tertiary/aromatic N) is 4. The molecule has 0 spiro atoms. The van der Waals surface area contributed by atoms with Gasteiger partial charge in [-0.1, -0.05) is 30.3 Å². The van der Waals surface area contributed by atoms with Crippen LogP contribution in [0, 0.1) is 25.2 Å². The lowest BCUT2D eigenvalue weighted by Crippen LogP contribution is -2.39. The van der Waals surface area contributed by atoms with Crippen LogP contribution < -0.4 is 0 Å². The average Bonchev–Trinajstić information content (AvgIpc) is 3.30. The van der Waals surface area contributed by atoms with Crippen molar-refractivity contribution < 1.29 is 9.90 Å². The molecule has 4 rings (SSSR count). The number of fused-ring (bicyclic) bond motifs is 1. The second kappa shape index (κ2) is 7.68. The van der Waals surface area contributed by atoms with Gasteiger partial charge in [0.1, 0.15) is 0 Å². The number of aromatic nitrogens is 2. The second-order valence-electron chi connectivity index (χ2n) is 8.55. The maximum atomic E-state index is 12.8. The quantitative estimate of drug-likeness (QED) is 0.828. The molecule has 0 bridgehead atoms. The summed E-state index contributed by atoms with van der Waals surface area (Å²) in [5, 5.41) is 14.6. The molecule has 2 saturated heterocycles. The smallest absolute Gasteiger partial charge is 0.224 e. The number of hydrogen-bond acceptors (Lipinski definition) is 4. The third-order valence-corrected chi connectivity index (χ3v) is 6.39. The Kier molecular flexibility index (Phi) is 5.25. The lowest BCUT2D eigenvalue weighted by Gasteiger charge is -2.27. The van der Waals surface area contributed by atoms with Crippen molar-refractivity contribution in [1.82, 2.24) is 19.6 Å². The Balaban J connectivity index is 1.35. The molecule has 2 aliphatic heterocycles. The van der Waals surface area contributed by atoms with Crippen LogP contribution in [0.5, 0.6) is 0 Å². The molecule has 1 aromatic carbocycles. The predicted octanol–water partition coefficient (Wildman–Crippen LogP) is 1.84. The van der Waals surface area contributed by atoms with E-state index in [1.54, 1.807) is 0 Å². The molecule has 0 aliphatic carbocycles. The minimum Gasteiger partial charge on any atom is -0.396 e. The SMILES string of the molecule is Cc1cc(C)n(CCC(=O)N2C[C@H]3CN(Cc4ccccc4)C[C@@]3(CO)C2)n1. The van der Waals surface area contributed by atoms with Crippen molar-refractivity contribution in [3.8, 4) is 0 Å². The third-order valence-electron chi connectivity index (χ3n) is 6.39. The van der Waals surface area contributed by atoms with Crippen LogP contribution in [0.3, 0.4) is 0 Å². The summed E-state index contributed by atoms with van der Waals surface area (Å²) >= 11 is 0. The average molecular weight is 383 g/mol. The standard InChI is InChI=1S/C22H30N4O2/c1-17-10-18(2)26(23-17)9-8-21(28)25-13-20-12-24(14-22(20,15-25)16-27)11-19-6-4-3-5-7-19/h3-7,10,20,27H,8-9,11-16H2,1-2H3/t20-,22+/m1/s1. The molecule has 150 valence electrons. The van der Waals surface area contributed by atoms with E-state index >= 15 is 0 Å². The molecule has 1 aromatic heterocycles. The van der Waals surface area contributed by atoms with Crippen LogP contribution in [0.4, 0.5) is 0 Å². The summed E-state index contributed by atoms with van der Waals surface area (Å²) in [5.74, 6) is 0.517. The van der Waals surface area contributed by atoms with Gasteiger partial charge in [-0.15, -0.1) is 0 Å². The molecular weight excluding hydrogens is 352 g/mol. The molecule has 1 amide bonds. The first kappa shape index (κ1) is 19.2. The highest BCUT2D eigenvalue weighted by atomic mass is 16.3. The van der Waals surface area contributed by atoms with Gasteiger partial charge in [0.2, 0.25) is 5.91 Å². The molecule has 6 nitrogen and oxygen atoms in total. The number of hydrogen-bond donors (Lipinski definition) is 1. The van der Waals surface area contributed by atoms with Crippen molar-refractivity contribution in [2.24, 2.45) is 11.3 Å². The van der Waals surface area contributed by atoms with Gasteiger partial charge in [-0.25, -0.2) is 0 Å². The first-order valence-corrected chi connectivity index (χ1v) is 10.1. The molecule has 2 fully saturated rings. The molecule has 2 aromatic rings. The Hall–Kier alpha value is -2.18. The molecule has 1 N–H and O–H groups in total. The fraction of sp³-hybridized carbons (Fsp3) is 0.545. The van der Waals surface area contributed by atoms with Crippen LogP contribution in [0.15, 0.2) is 36.4 Å². The van der Waals surface area contributed by atoms with Crippen LogP contribution in [0.2, 0.25) is 0 Å². The van der Waals surface area contributed by atoms with Gasteiger partial charge >= 0.3 is 0 Å². The van der Waals surface area contributed by atoms with Gasteiger partial charge in [0.25, 0.3) is 0 Å². The van der Waals surface area contributed by atoms with E-state index in [4.69, 9.17) is 0 Å². The van der Waals surface area contributed by atoms with Gasteiger partial charge < -0.3 is 10.0 Å². The Morgan fingerprint density at radius 3 is 2.64 bits per heavy atom. The summed E-state index contributed by atoms with van der Waals surface area (Å²) in [5.41, 5.74) is 3.20. The van der Waals surface area contributed by atoms with Crippen LogP contribution in [-0.2, 0) is 17.9 Å². The van der Waals surface area contributed by atoms with Crippen molar-refractivity contribution in [3.05, 3.63) is 53.3 Å². The van der Waals surface area contributed by atoms with Gasteiger partial charge in [0.05, 0.1) is 12.3 Å².